The van der Waals surface area contributed by atoms with Crippen LogP contribution in [0, 0.1) is 19.8 Å². The van der Waals surface area contributed by atoms with Gasteiger partial charge in [0, 0.05) is 24.0 Å². The summed E-state index contributed by atoms with van der Waals surface area (Å²) in [5.41, 5.74) is 4.13. The number of amides is 1. The molecule has 1 heterocycles. The average molecular weight is 449 g/mol. The molecule has 1 saturated heterocycles. The van der Waals surface area contributed by atoms with Crippen LogP contribution in [0.15, 0.2) is 42.5 Å². The predicted octanol–water partition coefficient (Wildman–Crippen LogP) is 4.38. The van der Waals surface area contributed by atoms with E-state index in [1.807, 2.05) is 26.8 Å². The lowest BCUT2D eigenvalue weighted by molar-refractivity contribution is -0.126. The van der Waals surface area contributed by atoms with Crippen LogP contribution >= 0.6 is 11.6 Å². The fourth-order valence-electron chi connectivity index (χ4n) is 4.05. The first kappa shape index (κ1) is 22.8. The highest BCUT2D eigenvalue weighted by Gasteiger charge is 2.31. The summed E-state index contributed by atoms with van der Waals surface area (Å²) in [7, 11) is -3.44. The molecule has 2 aromatic carbocycles. The van der Waals surface area contributed by atoms with E-state index < -0.39 is 10.0 Å². The number of benzene rings is 2. The van der Waals surface area contributed by atoms with Crippen molar-refractivity contribution >= 4 is 27.5 Å². The third-order valence-electron chi connectivity index (χ3n) is 5.71. The Hall–Kier alpha value is -1.89. The zero-order chi connectivity index (χ0) is 21.9. The first-order valence-electron chi connectivity index (χ1n) is 10.3. The van der Waals surface area contributed by atoms with E-state index in [2.05, 4.69) is 17.4 Å². The van der Waals surface area contributed by atoms with Crippen molar-refractivity contribution in [2.75, 3.05) is 13.1 Å². The molecular formula is C23H29ClN2O3S. The Balaban J connectivity index is 1.56. The van der Waals surface area contributed by atoms with E-state index >= 15 is 0 Å². The molecule has 5 nitrogen and oxygen atoms in total. The van der Waals surface area contributed by atoms with Gasteiger partial charge in [-0.2, -0.15) is 0 Å². The van der Waals surface area contributed by atoms with Crippen LogP contribution in [-0.4, -0.2) is 31.7 Å². The zero-order valence-corrected chi connectivity index (χ0v) is 19.3. The number of piperidine rings is 1. The summed E-state index contributed by atoms with van der Waals surface area (Å²) in [5.74, 6) is -0.251. The number of carbonyl (C=O) groups excluding carboxylic acids is 1. The van der Waals surface area contributed by atoms with Gasteiger partial charge in [-0.3, -0.25) is 4.79 Å². The monoisotopic (exact) mass is 448 g/mol. The standard InChI is InChI=1S/C23H29ClN2O3S/c1-16-7-8-22(17(2)13-16)18(3)25-23(27)20-9-11-26(12-10-20)30(28,29)15-19-5-4-6-21(24)14-19/h4-8,13-14,18,20H,9-12,15H2,1-3H3,(H,25,27)/t18-/m0/s1. The molecule has 0 bridgehead atoms. The zero-order valence-electron chi connectivity index (χ0n) is 17.7. The molecule has 0 unspecified atom stereocenters. The van der Waals surface area contributed by atoms with Gasteiger partial charge in [-0.05, 0) is 62.4 Å². The van der Waals surface area contributed by atoms with Crippen molar-refractivity contribution in [1.82, 2.24) is 9.62 Å². The summed E-state index contributed by atoms with van der Waals surface area (Å²) in [6.07, 6.45) is 1.06. The number of hydrogen-bond donors (Lipinski definition) is 1. The lowest BCUT2D eigenvalue weighted by Gasteiger charge is -2.31. The van der Waals surface area contributed by atoms with Gasteiger partial charge >= 0.3 is 0 Å². The molecule has 0 aromatic heterocycles. The summed E-state index contributed by atoms with van der Waals surface area (Å²) in [4.78, 5) is 12.8. The topological polar surface area (TPSA) is 66.5 Å². The third-order valence-corrected chi connectivity index (χ3v) is 7.79. The summed E-state index contributed by atoms with van der Waals surface area (Å²) < 4.78 is 27.0. The van der Waals surface area contributed by atoms with E-state index in [4.69, 9.17) is 11.6 Å². The minimum atomic E-state index is -3.44. The number of carbonyl (C=O) groups is 1. The predicted molar refractivity (Wildman–Crippen MR) is 121 cm³/mol. The van der Waals surface area contributed by atoms with E-state index in [1.54, 1.807) is 24.3 Å². The molecule has 1 aliphatic rings. The summed E-state index contributed by atoms with van der Waals surface area (Å²) in [6, 6.07) is 13.0. The molecule has 7 heteroatoms. The maximum Gasteiger partial charge on any atom is 0.223 e. The van der Waals surface area contributed by atoms with Crippen molar-refractivity contribution in [3.63, 3.8) is 0 Å². The van der Waals surface area contributed by atoms with Gasteiger partial charge in [0.25, 0.3) is 0 Å². The largest absolute Gasteiger partial charge is 0.349 e. The molecule has 0 aliphatic carbocycles. The number of rotatable bonds is 6. The second-order valence-electron chi connectivity index (χ2n) is 8.15. The van der Waals surface area contributed by atoms with E-state index in [0.29, 0.717) is 36.5 Å². The number of nitrogens with zero attached hydrogens (tertiary/aromatic N) is 1. The van der Waals surface area contributed by atoms with Gasteiger partial charge in [0.15, 0.2) is 0 Å². The first-order valence-corrected chi connectivity index (χ1v) is 12.2. The Bertz CT molecular complexity index is 1010. The molecule has 0 spiro atoms. The molecule has 1 atom stereocenters. The van der Waals surface area contributed by atoms with Crippen LogP contribution in [0.5, 0.6) is 0 Å². The summed E-state index contributed by atoms with van der Waals surface area (Å²) in [6.45, 7) is 6.81. The van der Waals surface area contributed by atoms with Crippen LogP contribution in [0.25, 0.3) is 0 Å². The van der Waals surface area contributed by atoms with Gasteiger partial charge in [0.1, 0.15) is 0 Å². The van der Waals surface area contributed by atoms with E-state index in [1.165, 1.54) is 9.87 Å². The second-order valence-corrected chi connectivity index (χ2v) is 10.6. The maximum absolute atomic E-state index is 12.8. The number of aryl methyl sites for hydroxylation is 2. The van der Waals surface area contributed by atoms with Crippen molar-refractivity contribution < 1.29 is 13.2 Å². The highest BCUT2D eigenvalue weighted by Crippen LogP contribution is 2.24. The van der Waals surface area contributed by atoms with Gasteiger partial charge < -0.3 is 5.32 Å². The molecule has 30 heavy (non-hydrogen) atoms. The normalized spacial score (nSPS) is 16.9. The Morgan fingerprint density at radius 3 is 2.50 bits per heavy atom. The molecule has 0 saturated carbocycles. The maximum atomic E-state index is 12.8. The van der Waals surface area contributed by atoms with Crippen LogP contribution in [0.4, 0.5) is 0 Å². The second kappa shape index (κ2) is 9.50. The van der Waals surface area contributed by atoms with Gasteiger partial charge in [0.2, 0.25) is 15.9 Å². The minimum absolute atomic E-state index is 0.00522. The molecule has 1 amide bonds. The van der Waals surface area contributed by atoms with Crippen LogP contribution in [0.3, 0.4) is 0 Å². The van der Waals surface area contributed by atoms with Crippen molar-refractivity contribution in [3.05, 3.63) is 69.7 Å². The summed E-state index contributed by atoms with van der Waals surface area (Å²) >= 11 is 5.96. The van der Waals surface area contributed by atoms with Crippen molar-refractivity contribution in [2.24, 2.45) is 5.92 Å². The van der Waals surface area contributed by atoms with Crippen LogP contribution in [-0.2, 0) is 20.6 Å². The molecule has 1 N–H and O–H groups in total. The minimum Gasteiger partial charge on any atom is -0.349 e. The van der Waals surface area contributed by atoms with Crippen LogP contribution < -0.4 is 5.32 Å². The smallest absolute Gasteiger partial charge is 0.223 e. The van der Waals surface area contributed by atoms with E-state index in [0.717, 1.165) is 11.1 Å². The molecule has 1 fully saturated rings. The van der Waals surface area contributed by atoms with Gasteiger partial charge in [-0.1, -0.05) is 47.5 Å². The molecular weight excluding hydrogens is 420 g/mol. The number of hydrogen-bond acceptors (Lipinski definition) is 3. The number of halogens is 1. The Labute approximate surface area is 184 Å². The lowest BCUT2D eigenvalue weighted by atomic mass is 9.95. The van der Waals surface area contributed by atoms with Crippen molar-refractivity contribution in [3.8, 4) is 0 Å². The van der Waals surface area contributed by atoms with Crippen molar-refractivity contribution in [2.45, 2.75) is 45.4 Å². The summed E-state index contributed by atoms with van der Waals surface area (Å²) in [5, 5.41) is 3.63. The molecule has 2 aromatic rings. The highest BCUT2D eigenvalue weighted by atomic mass is 35.5. The number of sulfonamides is 1. The van der Waals surface area contributed by atoms with Crippen molar-refractivity contribution in [1.29, 1.82) is 0 Å². The van der Waals surface area contributed by atoms with Gasteiger partial charge in [-0.25, -0.2) is 12.7 Å². The SMILES string of the molecule is Cc1ccc([C@H](C)NC(=O)C2CCN(S(=O)(=O)Cc3cccc(Cl)c3)CC2)c(C)c1. The highest BCUT2D eigenvalue weighted by molar-refractivity contribution is 7.88. The molecule has 162 valence electrons. The third kappa shape index (κ3) is 5.62. The van der Waals surface area contributed by atoms with Crippen LogP contribution in [0.2, 0.25) is 5.02 Å². The fraction of sp³-hybridized carbons (Fsp3) is 0.435. The fourth-order valence-corrected chi connectivity index (χ4v) is 5.81. The Morgan fingerprint density at radius 2 is 1.87 bits per heavy atom. The molecule has 3 rings (SSSR count). The Morgan fingerprint density at radius 1 is 1.17 bits per heavy atom. The van der Waals surface area contributed by atoms with Gasteiger partial charge in [-0.15, -0.1) is 0 Å². The Kier molecular flexibility index (Phi) is 7.22. The lowest BCUT2D eigenvalue weighted by Crippen LogP contribution is -2.43. The van der Waals surface area contributed by atoms with Crippen LogP contribution in [0.1, 0.15) is 48.1 Å². The quantitative estimate of drug-likeness (QED) is 0.713. The number of nitrogens with one attached hydrogen (secondary N) is 1. The van der Waals surface area contributed by atoms with E-state index in [9.17, 15) is 13.2 Å². The van der Waals surface area contributed by atoms with E-state index in [-0.39, 0.29) is 23.6 Å². The first-order chi connectivity index (χ1) is 14.2. The molecule has 0 radical (unpaired) electrons. The van der Waals surface area contributed by atoms with Gasteiger partial charge in [0.05, 0.1) is 11.8 Å². The average Bonchev–Trinajstić information content (AvgIpc) is 2.67. The molecule has 1 aliphatic heterocycles.